The van der Waals surface area contributed by atoms with Gasteiger partial charge in [-0.1, -0.05) is 58.2 Å². The van der Waals surface area contributed by atoms with Crippen LogP contribution in [0.1, 0.15) is 76.5 Å². The van der Waals surface area contributed by atoms with E-state index in [4.69, 9.17) is 0 Å². The number of benzene rings is 1. The number of rotatable bonds is 7. The van der Waals surface area contributed by atoms with Gasteiger partial charge in [0, 0.05) is 36.1 Å². The fourth-order valence-corrected chi connectivity index (χ4v) is 5.59. The quantitative estimate of drug-likeness (QED) is 0.449. The highest BCUT2D eigenvalue weighted by molar-refractivity contribution is 6.04. The first-order valence-electron chi connectivity index (χ1n) is 13.9. The van der Waals surface area contributed by atoms with E-state index < -0.39 is 42.9 Å². The van der Waals surface area contributed by atoms with E-state index in [0.717, 1.165) is 42.6 Å². The largest absolute Gasteiger partial charge is 0.522 e. The zero-order valence-corrected chi connectivity index (χ0v) is 23.5. The minimum Gasteiger partial charge on any atom is -0.351 e. The molecule has 0 spiro atoms. The van der Waals surface area contributed by atoms with E-state index in [-0.39, 0.29) is 17.9 Å². The van der Waals surface area contributed by atoms with Crippen LogP contribution in [-0.2, 0) is 19.7 Å². The number of anilines is 1. The zero-order valence-electron chi connectivity index (χ0n) is 23.5. The molecule has 1 aromatic heterocycles. The number of hydrogen-bond acceptors (Lipinski definition) is 6. The smallest absolute Gasteiger partial charge is 0.351 e. The van der Waals surface area contributed by atoms with Crippen molar-refractivity contribution in [3.8, 4) is 6.19 Å². The summed E-state index contributed by atoms with van der Waals surface area (Å²) < 4.78 is 43.3. The fourth-order valence-electron chi connectivity index (χ4n) is 5.59. The summed E-state index contributed by atoms with van der Waals surface area (Å²) in [6.45, 7) is 5.75. The summed E-state index contributed by atoms with van der Waals surface area (Å²) >= 11 is 0. The van der Waals surface area contributed by atoms with Crippen molar-refractivity contribution in [2.45, 2.75) is 95.3 Å². The Morgan fingerprint density at radius 3 is 2.37 bits per heavy atom. The van der Waals surface area contributed by atoms with Crippen molar-refractivity contribution >= 4 is 17.5 Å². The number of carbonyl (C=O) groups excluding carboxylic acids is 2. The molecule has 4 rings (SSSR count). The maximum Gasteiger partial charge on any atom is 0.522 e. The third kappa shape index (κ3) is 7.55. The van der Waals surface area contributed by atoms with Crippen LogP contribution in [0.25, 0.3) is 0 Å². The van der Waals surface area contributed by atoms with E-state index in [2.05, 4.69) is 15.0 Å². The van der Waals surface area contributed by atoms with Gasteiger partial charge in [0.25, 0.3) is 5.91 Å². The molecule has 8 nitrogen and oxygen atoms in total. The van der Waals surface area contributed by atoms with E-state index in [1.165, 1.54) is 11.1 Å². The predicted molar refractivity (Wildman–Crippen MR) is 146 cm³/mol. The third-order valence-corrected chi connectivity index (χ3v) is 7.68. The second kappa shape index (κ2) is 12.5. The van der Waals surface area contributed by atoms with Crippen LogP contribution in [0.2, 0.25) is 0 Å². The van der Waals surface area contributed by atoms with Crippen LogP contribution in [0.3, 0.4) is 0 Å². The number of pyridine rings is 1. The van der Waals surface area contributed by atoms with Gasteiger partial charge >= 0.3 is 6.36 Å². The highest BCUT2D eigenvalue weighted by atomic mass is 19.4. The number of nitrogens with one attached hydrogen (secondary N) is 1. The topological polar surface area (TPSA) is 98.6 Å². The predicted octanol–water partition coefficient (Wildman–Crippen LogP) is 5.36. The lowest BCUT2D eigenvalue weighted by atomic mass is 9.87. The number of amides is 2. The number of nitriles is 1. The molecular formula is C30H36F3N5O3. The Morgan fingerprint density at radius 1 is 1.12 bits per heavy atom. The van der Waals surface area contributed by atoms with Crippen molar-refractivity contribution in [2.24, 2.45) is 0 Å². The zero-order chi connectivity index (χ0) is 29.8. The lowest BCUT2D eigenvalue weighted by Crippen LogP contribution is -2.51. The number of likely N-dealkylation sites (tertiary alicyclic amines) is 1. The molecular weight excluding hydrogens is 535 g/mol. The molecule has 1 aromatic carbocycles. The molecule has 2 aliphatic rings. The number of alkyl halides is 3. The molecule has 3 atom stereocenters. The highest BCUT2D eigenvalue weighted by Crippen LogP contribution is 2.35. The van der Waals surface area contributed by atoms with E-state index >= 15 is 0 Å². The standard InChI is InChI=1S/C30H36F3N5O3/c1-29(2,3)21-11-13-23(14-12-21)38(28(40)25-16-24(18-37(25)19-34)41-30(31,32)33)26(20-8-7-15-35-17-20)27(39)36-22-9-5-4-6-10-22/h7-8,11-15,17,22,24-26H,4-6,9-10,16,18H2,1-3H3,(H,36,39). The minimum absolute atomic E-state index is 0.0534. The van der Waals surface area contributed by atoms with Crippen LogP contribution >= 0.6 is 0 Å². The van der Waals surface area contributed by atoms with Crippen LogP contribution in [0.15, 0.2) is 48.8 Å². The van der Waals surface area contributed by atoms with E-state index in [1.54, 1.807) is 30.5 Å². The molecule has 0 radical (unpaired) electrons. The van der Waals surface area contributed by atoms with E-state index in [1.807, 2.05) is 39.1 Å². The van der Waals surface area contributed by atoms with Crippen molar-refractivity contribution in [3.05, 3.63) is 59.9 Å². The molecule has 2 amide bonds. The molecule has 1 N–H and O–H groups in total. The molecule has 11 heteroatoms. The number of ether oxygens (including phenoxy) is 1. The van der Waals surface area contributed by atoms with Gasteiger partial charge in [0.1, 0.15) is 12.1 Å². The molecule has 1 saturated carbocycles. The Hall–Kier alpha value is -3.65. The average Bonchev–Trinajstić information content (AvgIpc) is 3.33. The summed E-state index contributed by atoms with van der Waals surface area (Å²) in [4.78, 5) is 34.8. The van der Waals surface area contributed by atoms with Crippen molar-refractivity contribution in [1.29, 1.82) is 5.26 Å². The van der Waals surface area contributed by atoms with Crippen LogP contribution in [0.4, 0.5) is 18.9 Å². The molecule has 0 bridgehead atoms. The summed E-state index contributed by atoms with van der Waals surface area (Å²) in [5.74, 6) is -1.08. The Morgan fingerprint density at radius 2 is 1.80 bits per heavy atom. The summed E-state index contributed by atoms with van der Waals surface area (Å²) in [5.41, 5.74) is 1.64. The molecule has 2 heterocycles. The van der Waals surface area contributed by atoms with Gasteiger partial charge < -0.3 is 5.32 Å². The van der Waals surface area contributed by atoms with E-state index in [9.17, 15) is 28.0 Å². The Kier molecular flexibility index (Phi) is 9.22. The first kappa shape index (κ1) is 30.3. The first-order chi connectivity index (χ1) is 19.4. The van der Waals surface area contributed by atoms with Gasteiger partial charge in [0.15, 0.2) is 6.19 Å². The Bertz CT molecular complexity index is 1240. The summed E-state index contributed by atoms with van der Waals surface area (Å²) in [5, 5.41) is 12.8. The number of hydrogen-bond donors (Lipinski definition) is 1. The SMILES string of the molecule is CC(C)(C)c1ccc(N(C(=O)C2CC(OC(F)(F)F)CN2C#N)C(C(=O)NC2CCCCC2)c2cccnc2)cc1. The van der Waals surface area contributed by atoms with Crippen molar-refractivity contribution in [1.82, 2.24) is 15.2 Å². The van der Waals surface area contributed by atoms with Gasteiger partial charge in [-0.2, -0.15) is 5.26 Å². The van der Waals surface area contributed by atoms with Gasteiger partial charge in [-0.3, -0.25) is 29.1 Å². The second-order valence-electron chi connectivity index (χ2n) is 11.7. The number of aromatic nitrogens is 1. The molecule has 1 saturated heterocycles. The monoisotopic (exact) mass is 571 g/mol. The Labute approximate surface area is 238 Å². The van der Waals surface area contributed by atoms with Crippen LogP contribution < -0.4 is 10.2 Å². The Balaban J connectivity index is 1.77. The molecule has 220 valence electrons. The molecule has 2 aromatic rings. The number of nitrogens with zero attached hydrogens (tertiary/aromatic N) is 4. The summed E-state index contributed by atoms with van der Waals surface area (Å²) in [7, 11) is 0. The maximum atomic E-state index is 14.3. The molecule has 1 aliphatic heterocycles. The number of carbonyl (C=O) groups is 2. The average molecular weight is 572 g/mol. The second-order valence-corrected chi connectivity index (χ2v) is 11.7. The van der Waals surface area contributed by atoms with Gasteiger partial charge in [-0.15, -0.1) is 13.2 Å². The summed E-state index contributed by atoms with van der Waals surface area (Å²) in [6.07, 6.45) is 2.94. The van der Waals surface area contributed by atoms with Crippen molar-refractivity contribution < 1.29 is 27.5 Å². The molecule has 41 heavy (non-hydrogen) atoms. The first-order valence-corrected chi connectivity index (χ1v) is 13.9. The van der Waals surface area contributed by atoms with Crippen molar-refractivity contribution in [3.63, 3.8) is 0 Å². The van der Waals surface area contributed by atoms with Crippen LogP contribution in [0, 0.1) is 11.5 Å². The lowest BCUT2D eigenvalue weighted by Gasteiger charge is -2.35. The van der Waals surface area contributed by atoms with Gasteiger partial charge in [0.05, 0.1) is 12.6 Å². The fraction of sp³-hybridized carbons (Fsp3) is 0.533. The lowest BCUT2D eigenvalue weighted by molar-refractivity contribution is -0.340. The normalized spacial score (nSPS) is 20.8. The molecule has 2 fully saturated rings. The van der Waals surface area contributed by atoms with Gasteiger partial charge in [-0.05, 0) is 42.0 Å². The summed E-state index contributed by atoms with van der Waals surface area (Å²) in [6, 6.07) is 8.05. The third-order valence-electron chi connectivity index (χ3n) is 7.68. The molecule has 3 unspecified atom stereocenters. The highest BCUT2D eigenvalue weighted by Gasteiger charge is 2.46. The van der Waals surface area contributed by atoms with Gasteiger partial charge in [-0.25, -0.2) is 0 Å². The van der Waals surface area contributed by atoms with E-state index in [0.29, 0.717) is 11.3 Å². The van der Waals surface area contributed by atoms with Crippen molar-refractivity contribution in [2.75, 3.05) is 11.4 Å². The van der Waals surface area contributed by atoms with Gasteiger partial charge in [0.2, 0.25) is 5.91 Å². The maximum absolute atomic E-state index is 14.3. The molecule has 1 aliphatic carbocycles. The number of halogens is 3. The van der Waals surface area contributed by atoms with Crippen LogP contribution in [-0.4, -0.2) is 52.8 Å². The van der Waals surface area contributed by atoms with Crippen LogP contribution in [0.5, 0.6) is 0 Å². The minimum atomic E-state index is -4.91.